The van der Waals surface area contributed by atoms with Crippen LogP contribution in [-0.4, -0.2) is 15.8 Å². The van der Waals surface area contributed by atoms with Gasteiger partial charge in [-0.1, -0.05) is 55.5 Å². The molecule has 0 aliphatic heterocycles. The summed E-state index contributed by atoms with van der Waals surface area (Å²) in [4.78, 5) is 0. The van der Waals surface area contributed by atoms with Gasteiger partial charge in [0.2, 0.25) is 0 Å². The molecule has 0 radical (unpaired) electrons. The first-order valence-electron chi connectivity index (χ1n) is 6.59. The summed E-state index contributed by atoms with van der Waals surface area (Å²) < 4.78 is 0. The number of aliphatic hydroxyl groups is 2. The average Bonchev–Trinajstić information content (AvgIpc) is 2.55. The molecule has 0 aromatic heterocycles. The Labute approximate surface area is 103 Å². The van der Waals surface area contributed by atoms with Crippen molar-refractivity contribution >= 4 is 0 Å². The van der Waals surface area contributed by atoms with Gasteiger partial charge >= 0.3 is 0 Å². The Morgan fingerprint density at radius 3 is 2.06 bits per heavy atom. The molecule has 1 atom stereocenters. The molecule has 2 rings (SSSR count). The van der Waals surface area contributed by atoms with Crippen LogP contribution in [0.3, 0.4) is 0 Å². The highest BCUT2D eigenvalue weighted by molar-refractivity contribution is 5.25. The quantitative estimate of drug-likeness (QED) is 0.772. The van der Waals surface area contributed by atoms with E-state index in [1.807, 2.05) is 31.2 Å². The first-order valence-corrected chi connectivity index (χ1v) is 6.59. The van der Waals surface area contributed by atoms with Gasteiger partial charge in [0.05, 0.1) is 5.60 Å². The number of hydrogen-bond donors (Lipinski definition) is 2. The second-order valence-electron chi connectivity index (χ2n) is 5.33. The lowest BCUT2D eigenvalue weighted by atomic mass is 9.84. The lowest BCUT2D eigenvalue weighted by Crippen LogP contribution is -2.35. The zero-order valence-electron chi connectivity index (χ0n) is 10.5. The van der Waals surface area contributed by atoms with Gasteiger partial charge in [0.25, 0.3) is 0 Å². The van der Waals surface area contributed by atoms with Gasteiger partial charge in [-0.25, -0.2) is 0 Å². The molecule has 1 saturated carbocycles. The summed E-state index contributed by atoms with van der Waals surface area (Å²) in [5, 5.41) is 21.0. The fourth-order valence-corrected chi connectivity index (χ4v) is 2.67. The maximum absolute atomic E-state index is 10.6. The third-order valence-electron chi connectivity index (χ3n) is 3.87. The van der Waals surface area contributed by atoms with E-state index >= 15 is 0 Å². The highest BCUT2D eigenvalue weighted by Gasteiger charge is 2.36. The standard InChI is InChI=1S/C15H22O2/c1-12-6-8-13(9-7-12)14(16)15(17)10-4-2-3-5-11-15/h6-9,14,16-17H,2-5,10-11H2,1H3. The summed E-state index contributed by atoms with van der Waals surface area (Å²) in [7, 11) is 0. The molecule has 1 fully saturated rings. The van der Waals surface area contributed by atoms with E-state index in [-0.39, 0.29) is 0 Å². The summed E-state index contributed by atoms with van der Waals surface area (Å²) in [5.41, 5.74) is 1.08. The summed E-state index contributed by atoms with van der Waals surface area (Å²) >= 11 is 0. The van der Waals surface area contributed by atoms with Crippen LogP contribution >= 0.6 is 0 Å². The van der Waals surface area contributed by atoms with Gasteiger partial charge in [-0.05, 0) is 25.3 Å². The van der Waals surface area contributed by atoms with Crippen LogP contribution in [0.5, 0.6) is 0 Å². The molecule has 0 spiro atoms. The zero-order valence-corrected chi connectivity index (χ0v) is 10.5. The van der Waals surface area contributed by atoms with Crippen LogP contribution in [-0.2, 0) is 0 Å². The van der Waals surface area contributed by atoms with Crippen molar-refractivity contribution in [1.29, 1.82) is 0 Å². The normalized spacial score (nSPS) is 21.8. The highest BCUT2D eigenvalue weighted by Crippen LogP contribution is 2.37. The van der Waals surface area contributed by atoms with Crippen molar-refractivity contribution in [1.82, 2.24) is 0 Å². The van der Waals surface area contributed by atoms with Crippen LogP contribution in [0.25, 0.3) is 0 Å². The van der Waals surface area contributed by atoms with Gasteiger partial charge in [-0.2, -0.15) is 0 Å². The van der Waals surface area contributed by atoms with Gasteiger partial charge in [-0.15, -0.1) is 0 Å². The van der Waals surface area contributed by atoms with E-state index in [2.05, 4.69) is 0 Å². The molecular formula is C15H22O2. The molecule has 2 N–H and O–H groups in total. The minimum Gasteiger partial charge on any atom is -0.387 e. The van der Waals surface area contributed by atoms with E-state index in [9.17, 15) is 10.2 Å². The molecule has 2 heteroatoms. The van der Waals surface area contributed by atoms with Crippen LogP contribution in [0, 0.1) is 6.92 Å². The van der Waals surface area contributed by atoms with Crippen molar-refractivity contribution in [3.05, 3.63) is 35.4 Å². The smallest absolute Gasteiger partial charge is 0.108 e. The van der Waals surface area contributed by atoms with Gasteiger partial charge in [0, 0.05) is 0 Å². The molecule has 1 aromatic rings. The van der Waals surface area contributed by atoms with E-state index in [4.69, 9.17) is 0 Å². The minimum atomic E-state index is -0.925. The van der Waals surface area contributed by atoms with Crippen LogP contribution in [0.4, 0.5) is 0 Å². The fraction of sp³-hybridized carbons (Fsp3) is 0.600. The van der Waals surface area contributed by atoms with E-state index in [1.54, 1.807) is 0 Å². The molecular weight excluding hydrogens is 212 g/mol. The Bertz CT molecular complexity index is 348. The first kappa shape index (κ1) is 12.6. The number of benzene rings is 1. The maximum atomic E-state index is 10.6. The Kier molecular flexibility index (Phi) is 3.85. The second-order valence-corrected chi connectivity index (χ2v) is 5.33. The van der Waals surface area contributed by atoms with Crippen LogP contribution < -0.4 is 0 Å². The Morgan fingerprint density at radius 1 is 1.00 bits per heavy atom. The lowest BCUT2D eigenvalue weighted by molar-refractivity contribution is -0.0867. The van der Waals surface area contributed by atoms with Crippen molar-refractivity contribution in [2.24, 2.45) is 0 Å². The Balaban J connectivity index is 2.16. The lowest BCUT2D eigenvalue weighted by Gasteiger charge is -2.32. The van der Waals surface area contributed by atoms with Crippen molar-refractivity contribution in [2.45, 2.75) is 57.2 Å². The molecule has 2 nitrogen and oxygen atoms in total. The zero-order chi connectivity index (χ0) is 12.3. The summed E-state index contributed by atoms with van der Waals surface area (Å²) in [6.45, 7) is 2.02. The van der Waals surface area contributed by atoms with Crippen molar-refractivity contribution in [2.75, 3.05) is 0 Å². The molecule has 1 unspecified atom stereocenters. The summed E-state index contributed by atoms with van der Waals surface area (Å²) in [6.07, 6.45) is 5.04. The Hall–Kier alpha value is -0.860. The highest BCUT2D eigenvalue weighted by atomic mass is 16.3. The van der Waals surface area contributed by atoms with Gasteiger partial charge in [0.15, 0.2) is 0 Å². The monoisotopic (exact) mass is 234 g/mol. The molecule has 0 amide bonds. The van der Waals surface area contributed by atoms with Crippen LogP contribution in [0.2, 0.25) is 0 Å². The predicted octanol–water partition coefficient (Wildman–Crippen LogP) is 3.11. The van der Waals surface area contributed by atoms with Gasteiger partial charge < -0.3 is 10.2 Å². The average molecular weight is 234 g/mol. The van der Waals surface area contributed by atoms with E-state index in [0.717, 1.165) is 18.4 Å². The molecule has 17 heavy (non-hydrogen) atoms. The molecule has 1 aliphatic rings. The summed E-state index contributed by atoms with van der Waals surface area (Å²) in [6, 6.07) is 7.81. The molecule has 1 aliphatic carbocycles. The third kappa shape index (κ3) is 2.88. The minimum absolute atomic E-state index is 0.710. The fourth-order valence-electron chi connectivity index (χ4n) is 2.67. The van der Waals surface area contributed by atoms with E-state index in [1.165, 1.54) is 18.4 Å². The largest absolute Gasteiger partial charge is 0.387 e. The molecule has 0 bridgehead atoms. The third-order valence-corrected chi connectivity index (χ3v) is 3.87. The predicted molar refractivity (Wildman–Crippen MR) is 68.8 cm³/mol. The van der Waals surface area contributed by atoms with Crippen molar-refractivity contribution in [3.63, 3.8) is 0 Å². The number of hydrogen-bond acceptors (Lipinski definition) is 2. The number of aliphatic hydroxyl groups excluding tert-OH is 1. The van der Waals surface area contributed by atoms with Crippen LogP contribution in [0.1, 0.15) is 55.8 Å². The topological polar surface area (TPSA) is 40.5 Å². The van der Waals surface area contributed by atoms with E-state index < -0.39 is 11.7 Å². The first-order chi connectivity index (χ1) is 8.12. The summed E-state index contributed by atoms with van der Waals surface area (Å²) in [5.74, 6) is 0. The van der Waals surface area contributed by atoms with Gasteiger partial charge in [-0.3, -0.25) is 0 Å². The Morgan fingerprint density at radius 2 is 1.53 bits per heavy atom. The number of rotatable bonds is 2. The van der Waals surface area contributed by atoms with Crippen LogP contribution in [0.15, 0.2) is 24.3 Å². The molecule has 1 aromatic carbocycles. The molecule has 0 saturated heterocycles. The maximum Gasteiger partial charge on any atom is 0.108 e. The number of aryl methyl sites for hydroxylation is 1. The molecule has 0 heterocycles. The van der Waals surface area contributed by atoms with Gasteiger partial charge in [0.1, 0.15) is 6.10 Å². The molecule has 94 valence electrons. The van der Waals surface area contributed by atoms with Crippen molar-refractivity contribution in [3.8, 4) is 0 Å². The van der Waals surface area contributed by atoms with E-state index in [0.29, 0.717) is 12.8 Å². The SMILES string of the molecule is Cc1ccc(C(O)C2(O)CCCCCC2)cc1. The van der Waals surface area contributed by atoms with Crippen molar-refractivity contribution < 1.29 is 10.2 Å². The second kappa shape index (κ2) is 5.19.